The van der Waals surface area contributed by atoms with E-state index in [0.717, 1.165) is 25.0 Å². The fourth-order valence-corrected chi connectivity index (χ4v) is 4.06. The predicted molar refractivity (Wildman–Crippen MR) is 93.4 cm³/mol. The Kier molecular flexibility index (Phi) is 5.71. The third kappa shape index (κ3) is 4.80. The Balaban J connectivity index is 2.10. The van der Waals surface area contributed by atoms with E-state index in [0.29, 0.717) is 12.0 Å². The summed E-state index contributed by atoms with van der Waals surface area (Å²) in [6.45, 7) is 8.53. The van der Waals surface area contributed by atoms with E-state index in [4.69, 9.17) is 4.74 Å². The summed E-state index contributed by atoms with van der Waals surface area (Å²) >= 11 is 0. The highest BCUT2D eigenvalue weighted by molar-refractivity contribution is 7.90. The second-order valence-corrected chi connectivity index (χ2v) is 9.08. The van der Waals surface area contributed by atoms with Crippen LogP contribution in [0.1, 0.15) is 57.6 Å². The second-order valence-electron chi connectivity index (χ2n) is 7.43. The number of amides is 1. The zero-order valence-electron chi connectivity index (χ0n) is 14.9. The number of rotatable bonds is 5. The number of hydrogen-bond acceptors (Lipinski definition) is 4. The van der Waals surface area contributed by atoms with E-state index < -0.39 is 15.9 Å². The highest BCUT2D eigenvalue weighted by Crippen LogP contribution is 2.26. The van der Waals surface area contributed by atoms with Crippen LogP contribution < -0.4 is 4.72 Å². The number of benzene rings is 1. The average molecular weight is 353 g/mol. The van der Waals surface area contributed by atoms with Crippen LogP contribution in [0, 0.1) is 6.92 Å². The summed E-state index contributed by atoms with van der Waals surface area (Å²) in [5.74, 6) is -0.480. The number of carbonyl (C=O) groups excluding carboxylic acids is 1. The molecule has 0 spiro atoms. The molecule has 0 bridgehead atoms. The van der Waals surface area contributed by atoms with Gasteiger partial charge in [0.2, 0.25) is 5.91 Å². The van der Waals surface area contributed by atoms with E-state index in [-0.39, 0.29) is 22.8 Å². The Morgan fingerprint density at radius 3 is 2.62 bits per heavy atom. The third-order valence-electron chi connectivity index (χ3n) is 4.31. The lowest BCUT2D eigenvalue weighted by Gasteiger charge is -2.21. The molecule has 1 N–H and O–H groups in total. The monoisotopic (exact) mass is 353 g/mol. The summed E-state index contributed by atoms with van der Waals surface area (Å²) in [6.07, 6.45) is 2.73. The summed E-state index contributed by atoms with van der Waals surface area (Å²) in [7, 11) is -3.86. The van der Waals surface area contributed by atoms with Crippen molar-refractivity contribution in [3.8, 4) is 0 Å². The van der Waals surface area contributed by atoms with Crippen LogP contribution in [0.5, 0.6) is 0 Å². The van der Waals surface area contributed by atoms with Gasteiger partial charge in [-0.3, -0.25) is 4.79 Å². The first-order valence-corrected chi connectivity index (χ1v) is 9.86. The largest absolute Gasteiger partial charge is 0.378 e. The molecule has 1 amide bonds. The molecule has 1 aliphatic heterocycles. The van der Waals surface area contributed by atoms with Crippen molar-refractivity contribution in [2.75, 3.05) is 6.61 Å². The van der Waals surface area contributed by atoms with Crippen LogP contribution >= 0.6 is 0 Å². The van der Waals surface area contributed by atoms with E-state index in [1.807, 2.05) is 26.8 Å². The van der Waals surface area contributed by atoms with Crippen molar-refractivity contribution >= 4 is 15.9 Å². The van der Waals surface area contributed by atoms with Gasteiger partial charge in [0, 0.05) is 13.0 Å². The predicted octanol–water partition coefficient (Wildman–Crippen LogP) is 3.06. The number of hydrogen-bond donors (Lipinski definition) is 1. The molecular formula is C18H27NO4S. The third-order valence-corrected chi connectivity index (χ3v) is 5.82. The molecule has 0 radical (unpaired) electrons. The molecule has 6 heteroatoms. The first-order valence-electron chi connectivity index (χ1n) is 8.38. The minimum absolute atomic E-state index is 0.0735. The second kappa shape index (κ2) is 7.23. The molecule has 5 nitrogen and oxygen atoms in total. The first kappa shape index (κ1) is 18.9. The van der Waals surface area contributed by atoms with Crippen LogP contribution in [0.3, 0.4) is 0 Å². The molecule has 1 heterocycles. The zero-order valence-corrected chi connectivity index (χ0v) is 15.7. The van der Waals surface area contributed by atoms with Gasteiger partial charge in [-0.1, -0.05) is 32.9 Å². The van der Waals surface area contributed by atoms with Crippen LogP contribution in [-0.4, -0.2) is 27.0 Å². The summed E-state index contributed by atoms with van der Waals surface area (Å²) in [5, 5.41) is 0. The van der Waals surface area contributed by atoms with Gasteiger partial charge >= 0.3 is 0 Å². The van der Waals surface area contributed by atoms with E-state index in [2.05, 4.69) is 4.72 Å². The first-order chi connectivity index (χ1) is 11.1. The van der Waals surface area contributed by atoms with Gasteiger partial charge in [0.1, 0.15) is 0 Å². The van der Waals surface area contributed by atoms with Gasteiger partial charge in [0.05, 0.1) is 11.0 Å². The minimum atomic E-state index is -3.86. The summed E-state index contributed by atoms with van der Waals surface area (Å²) < 4.78 is 32.8. The average Bonchev–Trinajstić information content (AvgIpc) is 2.97. The van der Waals surface area contributed by atoms with Crippen molar-refractivity contribution in [1.29, 1.82) is 0 Å². The molecule has 0 aromatic heterocycles. The lowest BCUT2D eigenvalue weighted by molar-refractivity contribution is -0.119. The van der Waals surface area contributed by atoms with Gasteiger partial charge in [0.25, 0.3) is 10.0 Å². The van der Waals surface area contributed by atoms with Crippen molar-refractivity contribution in [2.45, 2.75) is 69.8 Å². The van der Waals surface area contributed by atoms with Gasteiger partial charge in [-0.05, 0) is 48.8 Å². The maximum atomic E-state index is 12.6. The highest BCUT2D eigenvalue weighted by Gasteiger charge is 2.24. The number of ether oxygens (including phenoxy) is 1. The van der Waals surface area contributed by atoms with Crippen molar-refractivity contribution in [2.24, 2.45) is 0 Å². The molecule has 1 saturated heterocycles. The van der Waals surface area contributed by atoms with Crippen LogP contribution in [0.25, 0.3) is 0 Å². The van der Waals surface area contributed by atoms with Crippen molar-refractivity contribution < 1.29 is 17.9 Å². The lowest BCUT2D eigenvalue weighted by atomic mass is 9.87. The Bertz CT molecular complexity index is 698. The SMILES string of the molecule is Cc1ccc(C(C)(C)C)cc1S(=O)(=O)NC(=O)CCC1CCCO1. The van der Waals surface area contributed by atoms with Gasteiger partial charge < -0.3 is 4.74 Å². The van der Waals surface area contributed by atoms with Crippen LogP contribution in [-0.2, 0) is 25.0 Å². The molecule has 1 unspecified atom stereocenters. The van der Waals surface area contributed by atoms with Gasteiger partial charge in [-0.2, -0.15) is 0 Å². The fourth-order valence-electron chi connectivity index (χ4n) is 2.78. The van der Waals surface area contributed by atoms with Crippen LogP contribution in [0.15, 0.2) is 23.1 Å². The van der Waals surface area contributed by atoms with E-state index in [1.54, 1.807) is 19.1 Å². The zero-order chi connectivity index (χ0) is 18.0. The van der Waals surface area contributed by atoms with Crippen molar-refractivity contribution in [3.05, 3.63) is 29.3 Å². The molecule has 1 aliphatic rings. The molecule has 1 aromatic carbocycles. The topological polar surface area (TPSA) is 72.5 Å². The van der Waals surface area contributed by atoms with Crippen LogP contribution in [0.4, 0.5) is 0 Å². The molecule has 1 fully saturated rings. The molecule has 1 atom stereocenters. The Morgan fingerprint density at radius 1 is 1.33 bits per heavy atom. The normalized spacial score (nSPS) is 18.6. The van der Waals surface area contributed by atoms with E-state index in [9.17, 15) is 13.2 Å². The summed E-state index contributed by atoms with van der Waals surface area (Å²) in [4.78, 5) is 12.2. The number of sulfonamides is 1. The van der Waals surface area contributed by atoms with Gasteiger partial charge in [-0.15, -0.1) is 0 Å². The van der Waals surface area contributed by atoms with E-state index in [1.165, 1.54) is 0 Å². The van der Waals surface area contributed by atoms with E-state index >= 15 is 0 Å². The Labute approximate surface area is 144 Å². The molecule has 134 valence electrons. The smallest absolute Gasteiger partial charge is 0.264 e. The summed E-state index contributed by atoms with van der Waals surface area (Å²) in [5.41, 5.74) is 1.38. The lowest BCUT2D eigenvalue weighted by Crippen LogP contribution is -2.31. The quantitative estimate of drug-likeness (QED) is 0.883. The molecule has 0 aliphatic carbocycles. The maximum Gasteiger partial charge on any atom is 0.264 e. The molecule has 24 heavy (non-hydrogen) atoms. The Morgan fingerprint density at radius 2 is 2.04 bits per heavy atom. The number of carbonyl (C=O) groups is 1. The van der Waals surface area contributed by atoms with Gasteiger partial charge in [-0.25, -0.2) is 13.1 Å². The highest BCUT2D eigenvalue weighted by atomic mass is 32.2. The maximum absolute atomic E-state index is 12.6. The number of nitrogens with one attached hydrogen (secondary N) is 1. The van der Waals surface area contributed by atoms with Crippen LogP contribution in [0.2, 0.25) is 0 Å². The van der Waals surface area contributed by atoms with Gasteiger partial charge in [0.15, 0.2) is 0 Å². The minimum Gasteiger partial charge on any atom is -0.378 e. The summed E-state index contributed by atoms with van der Waals surface area (Å²) in [6, 6.07) is 5.37. The van der Waals surface area contributed by atoms with Crippen molar-refractivity contribution in [1.82, 2.24) is 4.72 Å². The number of aryl methyl sites for hydroxylation is 1. The molecule has 1 aromatic rings. The molecular weight excluding hydrogens is 326 g/mol. The Hall–Kier alpha value is -1.40. The fraction of sp³-hybridized carbons (Fsp3) is 0.611. The molecule has 2 rings (SSSR count). The standard InChI is InChI=1S/C18H27NO4S/c1-13-7-8-14(18(2,3)4)12-16(13)24(21,22)19-17(20)10-9-15-6-5-11-23-15/h7-8,12,15H,5-6,9-11H2,1-4H3,(H,19,20). The van der Waals surface area contributed by atoms with Crippen molar-refractivity contribution in [3.63, 3.8) is 0 Å². The molecule has 0 saturated carbocycles.